The fraction of sp³-hybridized carbons (Fsp3) is 0.600. The molecule has 1 N–H and O–H groups in total. The van der Waals surface area contributed by atoms with Gasteiger partial charge in [0.05, 0.1) is 0 Å². The van der Waals surface area contributed by atoms with Crippen molar-refractivity contribution in [3.05, 3.63) is 34.9 Å². The van der Waals surface area contributed by atoms with E-state index in [1.54, 1.807) is 0 Å². The van der Waals surface area contributed by atoms with Gasteiger partial charge in [-0.25, -0.2) is 0 Å². The molecule has 2 atom stereocenters. The Bertz CT molecular complexity index is 358. The smallest absolute Gasteiger partial charge is 0.0292 e. The topological polar surface area (TPSA) is 15.3 Å². The maximum absolute atomic E-state index is 3.59. The predicted octanol–water partition coefficient (Wildman–Crippen LogP) is 2.90. The van der Waals surface area contributed by atoms with Crippen molar-refractivity contribution in [2.75, 3.05) is 20.6 Å². The molecule has 0 spiro atoms. The maximum atomic E-state index is 3.59. The zero-order valence-electron chi connectivity index (χ0n) is 12.0. The summed E-state index contributed by atoms with van der Waals surface area (Å²) < 4.78 is 0. The van der Waals surface area contributed by atoms with Crippen LogP contribution in [0.4, 0.5) is 0 Å². The molecule has 96 valence electrons. The first-order valence-corrected chi connectivity index (χ1v) is 6.38. The minimum Gasteiger partial charge on any atom is -0.309 e. The highest BCUT2D eigenvalue weighted by molar-refractivity contribution is 5.31. The number of nitrogens with zero attached hydrogens (tertiary/aromatic N) is 1. The molecule has 0 aliphatic rings. The third-order valence-electron chi connectivity index (χ3n) is 3.63. The molecule has 2 nitrogen and oxygen atoms in total. The largest absolute Gasteiger partial charge is 0.309 e. The van der Waals surface area contributed by atoms with E-state index in [2.05, 4.69) is 70.2 Å². The van der Waals surface area contributed by atoms with Crippen molar-refractivity contribution in [1.82, 2.24) is 10.2 Å². The molecular formula is C15H26N2. The summed E-state index contributed by atoms with van der Waals surface area (Å²) in [6, 6.07) is 7.69. The van der Waals surface area contributed by atoms with Crippen LogP contribution in [0.2, 0.25) is 0 Å². The Labute approximate surface area is 106 Å². The summed E-state index contributed by atoms with van der Waals surface area (Å²) >= 11 is 0. The number of benzene rings is 1. The Morgan fingerprint density at radius 1 is 1.12 bits per heavy atom. The van der Waals surface area contributed by atoms with Crippen LogP contribution in [0.1, 0.15) is 36.6 Å². The molecule has 0 saturated heterocycles. The molecular weight excluding hydrogens is 208 g/mol. The molecule has 1 aromatic carbocycles. The first kappa shape index (κ1) is 14.2. The second kappa shape index (κ2) is 6.18. The molecule has 0 heterocycles. The summed E-state index contributed by atoms with van der Waals surface area (Å²) in [4.78, 5) is 2.24. The second-order valence-electron chi connectivity index (χ2n) is 5.29. The van der Waals surface area contributed by atoms with E-state index in [4.69, 9.17) is 0 Å². The van der Waals surface area contributed by atoms with Crippen LogP contribution < -0.4 is 5.32 Å². The van der Waals surface area contributed by atoms with E-state index in [9.17, 15) is 0 Å². The standard InChI is InChI=1S/C15H26N2/c1-11-7-8-15(9-12(11)2)14(4)16-10-13(3)17(5)6/h7-9,13-14,16H,10H2,1-6H3. The Balaban J connectivity index is 2.58. The zero-order chi connectivity index (χ0) is 13.0. The number of aryl methyl sites for hydroxylation is 2. The van der Waals surface area contributed by atoms with Crippen LogP contribution in [0.5, 0.6) is 0 Å². The Kier molecular flexibility index (Phi) is 5.16. The van der Waals surface area contributed by atoms with E-state index in [1.807, 2.05) is 0 Å². The van der Waals surface area contributed by atoms with Gasteiger partial charge in [0.25, 0.3) is 0 Å². The van der Waals surface area contributed by atoms with Gasteiger partial charge in [0.15, 0.2) is 0 Å². The van der Waals surface area contributed by atoms with Gasteiger partial charge in [0.1, 0.15) is 0 Å². The monoisotopic (exact) mass is 234 g/mol. The Hall–Kier alpha value is -0.860. The lowest BCUT2D eigenvalue weighted by atomic mass is 10.0. The van der Waals surface area contributed by atoms with Gasteiger partial charge in [-0.2, -0.15) is 0 Å². The molecule has 2 unspecified atom stereocenters. The van der Waals surface area contributed by atoms with E-state index < -0.39 is 0 Å². The van der Waals surface area contributed by atoms with Crippen molar-refractivity contribution in [2.24, 2.45) is 0 Å². The molecule has 0 fully saturated rings. The van der Waals surface area contributed by atoms with Crippen molar-refractivity contribution in [1.29, 1.82) is 0 Å². The summed E-state index contributed by atoms with van der Waals surface area (Å²) in [5.74, 6) is 0. The first-order valence-electron chi connectivity index (χ1n) is 6.38. The lowest BCUT2D eigenvalue weighted by Gasteiger charge is -2.23. The van der Waals surface area contributed by atoms with E-state index in [-0.39, 0.29) is 0 Å². The Morgan fingerprint density at radius 2 is 1.76 bits per heavy atom. The molecule has 0 amide bonds. The third-order valence-corrected chi connectivity index (χ3v) is 3.63. The summed E-state index contributed by atoms with van der Waals surface area (Å²) in [6.07, 6.45) is 0. The minimum absolute atomic E-state index is 0.414. The number of rotatable bonds is 5. The second-order valence-corrected chi connectivity index (χ2v) is 5.29. The van der Waals surface area contributed by atoms with Crippen molar-refractivity contribution in [3.63, 3.8) is 0 Å². The maximum Gasteiger partial charge on any atom is 0.0292 e. The summed E-state index contributed by atoms with van der Waals surface area (Å²) in [7, 11) is 4.24. The van der Waals surface area contributed by atoms with Gasteiger partial charge >= 0.3 is 0 Å². The van der Waals surface area contributed by atoms with E-state index in [1.165, 1.54) is 16.7 Å². The lowest BCUT2D eigenvalue weighted by molar-refractivity contribution is 0.295. The molecule has 0 aliphatic heterocycles. The third kappa shape index (κ3) is 4.14. The fourth-order valence-corrected chi connectivity index (χ4v) is 1.68. The molecule has 0 bridgehead atoms. The molecule has 1 rings (SSSR count). The highest BCUT2D eigenvalue weighted by Gasteiger charge is 2.09. The zero-order valence-corrected chi connectivity index (χ0v) is 12.0. The molecule has 0 radical (unpaired) electrons. The number of hydrogen-bond donors (Lipinski definition) is 1. The van der Waals surface area contributed by atoms with Gasteiger partial charge in [-0.3, -0.25) is 0 Å². The van der Waals surface area contributed by atoms with Crippen molar-refractivity contribution < 1.29 is 0 Å². The summed E-state index contributed by atoms with van der Waals surface area (Å²) in [5.41, 5.74) is 4.11. The minimum atomic E-state index is 0.414. The van der Waals surface area contributed by atoms with Crippen LogP contribution in [0, 0.1) is 13.8 Å². The molecule has 0 saturated carbocycles. The average Bonchev–Trinajstić information content (AvgIpc) is 2.28. The van der Waals surface area contributed by atoms with E-state index >= 15 is 0 Å². The van der Waals surface area contributed by atoms with Crippen molar-refractivity contribution in [3.8, 4) is 0 Å². The van der Waals surface area contributed by atoms with Crippen LogP contribution >= 0.6 is 0 Å². The van der Waals surface area contributed by atoms with Crippen LogP contribution in [0.25, 0.3) is 0 Å². The van der Waals surface area contributed by atoms with Crippen LogP contribution in [-0.4, -0.2) is 31.6 Å². The van der Waals surface area contributed by atoms with Crippen molar-refractivity contribution >= 4 is 0 Å². The van der Waals surface area contributed by atoms with E-state index in [0.29, 0.717) is 12.1 Å². The molecule has 0 aliphatic carbocycles. The van der Waals surface area contributed by atoms with Crippen LogP contribution in [0.15, 0.2) is 18.2 Å². The number of hydrogen-bond acceptors (Lipinski definition) is 2. The molecule has 2 heteroatoms. The van der Waals surface area contributed by atoms with Gasteiger partial charge in [-0.15, -0.1) is 0 Å². The van der Waals surface area contributed by atoms with Gasteiger partial charge in [0.2, 0.25) is 0 Å². The SMILES string of the molecule is Cc1ccc(C(C)NCC(C)N(C)C)cc1C. The van der Waals surface area contributed by atoms with Crippen LogP contribution in [0.3, 0.4) is 0 Å². The van der Waals surface area contributed by atoms with Crippen molar-refractivity contribution in [2.45, 2.75) is 39.8 Å². The molecule has 17 heavy (non-hydrogen) atoms. The van der Waals surface area contributed by atoms with Gasteiger partial charge < -0.3 is 10.2 Å². The van der Waals surface area contributed by atoms with Gasteiger partial charge in [-0.1, -0.05) is 18.2 Å². The number of nitrogens with one attached hydrogen (secondary N) is 1. The van der Waals surface area contributed by atoms with Crippen LogP contribution in [-0.2, 0) is 0 Å². The van der Waals surface area contributed by atoms with E-state index in [0.717, 1.165) is 6.54 Å². The molecule has 1 aromatic rings. The predicted molar refractivity (Wildman–Crippen MR) is 75.5 cm³/mol. The van der Waals surface area contributed by atoms with Gasteiger partial charge in [-0.05, 0) is 58.5 Å². The summed E-state index contributed by atoms with van der Waals surface area (Å²) in [6.45, 7) is 9.81. The normalized spacial score (nSPS) is 15.0. The highest BCUT2D eigenvalue weighted by Crippen LogP contribution is 2.16. The highest BCUT2D eigenvalue weighted by atomic mass is 15.1. The Morgan fingerprint density at radius 3 is 2.29 bits per heavy atom. The number of likely N-dealkylation sites (N-methyl/N-ethyl adjacent to an activating group) is 1. The van der Waals surface area contributed by atoms with Gasteiger partial charge in [0, 0.05) is 18.6 Å². The quantitative estimate of drug-likeness (QED) is 0.842. The average molecular weight is 234 g/mol. The lowest BCUT2D eigenvalue weighted by Crippen LogP contribution is -2.36. The summed E-state index contributed by atoms with van der Waals surface area (Å²) in [5, 5.41) is 3.59. The first-order chi connectivity index (χ1) is 7.91. The fourth-order valence-electron chi connectivity index (χ4n) is 1.68. The molecule has 0 aromatic heterocycles.